The van der Waals surface area contributed by atoms with Crippen LogP contribution in [0.5, 0.6) is 5.75 Å². The van der Waals surface area contributed by atoms with Crippen LogP contribution in [0.1, 0.15) is 13.3 Å². The van der Waals surface area contributed by atoms with Crippen LogP contribution in [-0.2, 0) is 0 Å². The summed E-state index contributed by atoms with van der Waals surface area (Å²) in [6.45, 7) is 0.448. The first-order valence-corrected chi connectivity index (χ1v) is 6.54. The van der Waals surface area contributed by atoms with Crippen LogP contribution in [0.15, 0.2) is 18.2 Å². The Balaban J connectivity index is 3.19. The van der Waals surface area contributed by atoms with Gasteiger partial charge < -0.3 is 25.4 Å². The number of aliphatic hydroxyl groups is 3. The predicted octanol–water partition coefficient (Wildman–Crippen LogP) is 0.511. The van der Waals surface area contributed by atoms with E-state index in [2.05, 4.69) is 5.32 Å². The van der Waals surface area contributed by atoms with Crippen LogP contribution >= 0.6 is 0 Å². The van der Waals surface area contributed by atoms with E-state index >= 15 is 0 Å². The number of aliphatic hydroxyl groups excluding tert-OH is 3. The van der Waals surface area contributed by atoms with Gasteiger partial charge in [0, 0.05) is 0 Å². The van der Waals surface area contributed by atoms with Crippen molar-refractivity contribution in [2.24, 2.45) is 0 Å². The highest BCUT2D eigenvalue weighted by molar-refractivity contribution is 5.69. The molecule has 0 aliphatic heterocycles. The van der Waals surface area contributed by atoms with Gasteiger partial charge in [-0.3, -0.25) is 10.1 Å². The Hall–Kier alpha value is -1.90. The standard InChI is InChI=1S/C13H20N2O6/c1-2-6-21-11-5-3-4-10(12(11)15(19)20)14-13(7-16,8-17)9-18/h3-5,14,16-18H,2,6-9H2,1H3. The van der Waals surface area contributed by atoms with E-state index in [9.17, 15) is 25.4 Å². The summed E-state index contributed by atoms with van der Waals surface area (Å²) in [6.07, 6.45) is 0.697. The fraction of sp³-hybridized carbons (Fsp3) is 0.538. The van der Waals surface area contributed by atoms with Gasteiger partial charge in [-0.2, -0.15) is 0 Å². The van der Waals surface area contributed by atoms with Crippen molar-refractivity contribution in [3.63, 3.8) is 0 Å². The Morgan fingerprint density at radius 1 is 1.29 bits per heavy atom. The number of nitrogens with one attached hydrogen (secondary N) is 1. The molecule has 1 aromatic carbocycles. The number of nitro benzene ring substituents is 1. The van der Waals surface area contributed by atoms with E-state index in [0.717, 1.165) is 0 Å². The lowest BCUT2D eigenvalue weighted by molar-refractivity contribution is -0.385. The largest absolute Gasteiger partial charge is 0.487 e. The van der Waals surface area contributed by atoms with Gasteiger partial charge in [-0.15, -0.1) is 0 Å². The molecule has 0 heterocycles. The minimum Gasteiger partial charge on any atom is -0.487 e. The molecule has 1 rings (SSSR count). The van der Waals surface area contributed by atoms with Crippen molar-refractivity contribution in [3.05, 3.63) is 28.3 Å². The number of ether oxygens (including phenoxy) is 1. The third-order valence-electron chi connectivity index (χ3n) is 2.95. The second-order valence-corrected chi connectivity index (χ2v) is 4.64. The summed E-state index contributed by atoms with van der Waals surface area (Å²) >= 11 is 0. The highest BCUT2D eigenvalue weighted by Gasteiger charge is 2.32. The van der Waals surface area contributed by atoms with E-state index in [0.29, 0.717) is 13.0 Å². The van der Waals surface area contributed by atoms with E-state index in [1.807, 2.05) is 6.92 Å². The average molecular weight is 300 g/mol. The van der Waals surface area contributed by atoms with Gasteiger partial charge in [0.15, 0.2) is 5.75 Å². The second kappa shape index (κ2) is 7.77. The highest BCUT2D eigenvalue weighted by atomic mass is 16.6. The van der Waals surface area contributed by atoms with Crippen molar-refractivity contribution in [2.45, 2.75) is 18.9 Å². The molecule has 0 saturated carbocycles. The average Bonchev–Trinajstić information content (AvgIpc) is 2.50. The Bertz CT molecular complexity index is 467. The lowest BCUT2D eigenvalue weighted by Crippen LogP contribution is -2.49. The van der Waals surface area contributed by atoms with Crippen LogP contribution < -0.4 is 10.1 Å². The summed E-state index contributed by atoms with van der Waals surface area (Å²) in [7, 11) is 0. The molecule has 8 nitrogen and oxygen atoms in total. The number of anilines is 1. The zero-order chi connectivity index (χ0) is 15.9. The molecule has 0 atom stereocenters. The van der Waals surface area contributed by atoms with Crippen molar-refractivity contribution < 1.29 is 25.0 Å². The van der Waals surface area contributed by atoms with E-state index in [1.54, 1.807) is 6.07 Å². The van der Waals surface area contributed by atoms with Gasteiger partial charge in [-0.25, -0.2) is 0 Å². The third-order valence-corrected chi connectivity index (χ3v) is 2.95. The maximum Gasteiger partial charge on any atom is 0.333 e. The minimum atomic E-state index is -1.45. The Morgan fingerprint density at radius 2 is 1.90 bits per heavy atom. The summed E-state index contributed by atoms with van der Waals surface area (Å²) in [5, 5.41) is 41.8. The normalized spacial score (nSPS) is 11.2. The van der Waals surface area contributed by atoms with Gasteiger partial charge in [0.25, 0.3) is 0 Å². The van der Waals surface area contributed by atoms with Gasteiger partial charge in [-0.05, 0) is 18.6 Å². The van der Waals surface area contributed by atoms with Gasteiger partial charge >= 0.3 is 5.69 Å². The first-order valence-electron chi connectivity index (χ1n) is 6.54. The summed E-state index contributed by atoms with van der Waals surface area (Å²) in [4.78, 5) is 10.6. The quantitative estimate of drug-likeness (QED) is 0.387. The molecule has 0 fully saturated rings. The Kier molecular flexibility index (Phi) is 6.35. The van der Waals surface area contributed by atoms with Gasteiger partial charge in [-0.1, -0.05) is 13.0 Å². The molecule has 0 bridgehead atoms. The fourth-order valence-electron chi connectivity index (χ4n) is 1.69. The molecule has 21 heavy (non-hydrogen) atoms. The molecule has 0 radical (unpaired) electrons. The Labute approximate surface area is 122 Å². The number of para-hydroxylation sites is 1. The smallest absolute Gasteiger partial charge is 0.333 e. The molecular weight excluding hydrogens is 280 g/mol. The van der Waals surface area contributed by atoms with Crippen LogP contribution in [0.2, 0.25) is 0 Å². The number of nitrogens with zero attached hydrogens (tertiary/aromatic N) is 1. The molecule has 0 saturated heterocycles. The molecular formula is C13H20N2O6. The van der Waals surface area contributed by atoms with Gasteiger partial charge in [0.2, 0.25) is 0 Å². The van der Waals surface area contributed by atoms with Crippen molar-refractivity contribution in [3.8, 4) is 5.75 Å². The monoisotopic (exact) mass is 300 g/mol. The predicted molar refractivity (Wildman–Crippen MR) is 76.5 cm³/mol. The molecule has 1 aromatic rings. The molecule has 0 unspecified atom stereocenters. The number of benzene rings is 1. The summed E-state index contributed by atoms with van der Waals surface area (Å²) in [6, 6.07) is 4.45. The van der Waals surface area contributed by atoms with Crippen LogP contribution in [0.4, 0.5) is 11.4 Å². The topological polar surface area (TPSA) is 125 Å². The highest BCUT2D eigenvalue weighted by Crippen LogP contribution is 2.36. The van der Waals surface area contributed by atoms with E-state index in [-0.39, 0.29) is 17.1 Å². The fourth-order valence-corrected chi connectivity index (χ4v) is 1.69. The molecule has 0 aliphatic rings. The van der Waals surface area contributed by atoms with Crippen molar-refractivity contribution in [1.29, 1.82) is 0 Å². The summed E-state index contributed by atoms with van der Waals surface area (Å²) < 4.78 is 5.33. The lowest BCUT2D eigenvalue weighted by Gasteiger charge is -2.29. The Morgan fingerprint density at radius 3 is 2.38 bits per heavy atom. The SMILES string of the molecule is CCCOc1cccc(NC(CO)(CO)CO)c1[N+](=O)[O-]. The third kappa shape index (κ3) is 4.03. The zero-order valence-corrected chi connectivity index (χ0v) is 11.8. The molecule has 0 amide bonds. The summed E-state index contributed by atoms with van der Waals surface area (Å²) in [5.74, 6) is 0.0922. The molecule has 8 heteroatoms. The second-order valence-electron chi connectivity index (χ2n) is 4.64. The first kappa shape index (κ1) is 17.2. The maximum atomic E-state index is 11.3. The minimum absolute atomic E-state index is 0.0609. The molecule has 0 aromatic heterocycles. The van der Waals surface area contributed by atoms with E-state index in [4.69, 9.17) is 4.74 Å². The van der Waals surface area contributed by atoms with Crippen LogP contribution in [0, 0.1) is 10.1 Å². The number of nitro groups is 1. The van der Waals surface area contributed by atoms with Crippen LogP contribution in [0.25, 0.3) is 0 Å². The number of hydrogen-bond donors (Lipinski definition) is 4. The molecule has 118 valence electrons. The first-order chi connectivity index (χ1) is 10.0. The molecule has 0 spiro atoms. The van der Waals surface area contributed by atoms with Gasteiger partial charge in [0.05, 0.1) is 31.4 Å². The van der Waals surface area contributed by atoms with E-state index in [1.165, 1.54) is 12.1 Å². The molecule has 0 aliphatic carbocycles. The van der Waals surface area contributed by atoms with Gasteiger partial charge in [0.1, 0.15) is 11.2 Å². The maximum absolute atomic E-state index is 11.3. The number of rotatable bonds is 9. The van der Waals surface area contributed by atoms with E-state index < -0.39 is 30.3 Å². The van der Waals surface area contributed by atoms with Crippen molar-refractivity contribution in [1.82, 2.24) is 0 Å². The van der Waals surface area contributed by atoms with Crippen LogP contribution in [0.3, 0.4) is 0 Å². The zero-order valence-electron chi connectivity index (χ0n) is 11.8. The van der Waals surface area contributed by atoms with Crippen molar-refractivity contribution >= 4 is 11.4 Å². The molecule has 4 N–H and O–H groups in total. The lowest BCUT2D eigenvalue weighted by atomic mass is 10.0. The van der Waals surface area contributed by atoms with Crippen LogP contribution in [-0.4, -0.2) is 52.2 Å². The van der Waals surface area contributed by atoms with Crippen molar-refractivity contribution in [2.75, 3.05) is 31.7 Å². The summed E-state index contributed by atoms with van der Waals surface area (Å²) in [5.41, 5.74) is -1.69. The number of hydrogen-bond acceptors (Lipinski definition) is 7.